The Kier molecular flexibility index (Phi) is 4.11. The van der Waals surface area contributed by atoms with E-state index < -0.39 is 0 Å². The Morgan fingerprint density at radius 1 is 1.26 bits per heavy atom. The second kappa shape index (κ2) is 6.35. The van der Waals surface area contributed by atoms with Gasteiger partial charge in [-0.3, -0.25) is 0 Å². The molecule has 1 N–H and O–H groups in total. The van der Waals surface area contributed by atoms with Crippen molar-refractivity contribution >= 4 is 0 Å². The summed E-state index contributed by atoms with van der Waals surface area (Å²) >= 11 is 0. The third-order valence-electron chi connectivity index (χ3n) is 4.64. The van der Waals surface area contributed by atoms with Crippen LogP contribution in [0.25, 0.3) is 5.69 Å². The van der Waals surface area contributed by atoms with Gasteiger partial charge in [0, 0.05) is 11.6 Å². The second-order valence-corrected chi connectivity index (χ2v) is 7.75. The van der Waals surface area contributed by atoms with Gasteiger partial charge in [0.1, 0.15) is 11.6 Å². The molecule has 27 heavy (non-hydrogen) atoms. The van der Waals surface area contributed by atoms with Crippen LogP contribution in [0.4, 0.5) is 0 Å². The van der Waals surface area contributed by atoms with Gasteiger partial charge in [0.25, 0.3) is 0 Å². The summed E-state index contributed by atoms with van der Waals surface area (Å²) in [7, 11) is 0. The lowest BCUT2D eigenvalue weighted by molar-refractivity contribution is -0.00867. The van der Waals surface area contributed by atoms with E-state index in [4.69, 9.17) is 9.47 Å². The summed E-state index contributed by atoms with van der Waals surface area (Å²) < 4.78 is 13.5. The number of hydrogen-bond acceptors (Lipinski definition) is 5. The van der Waals surface area contributed by atoms with Crippen LogP contribution in [0.15, 0.2) is 41.3 Å². The first-order valence-electron chi connectivity index (χ1n) is 8.86. The van der Waals surface area contributed by atoms with Gasteiger partial charge in [-0.1, -0.05) is 32.9 Å². The van der Waals surface area contributed by atoms with Crippen LogP contribution in [-0.4, -0.2) is 19.7 Å². The molecule has 3 aromatic rings. The highest BCUT2D eigenvalue weighted by Crippen LogP contribution is 2.47. The molecule has 4 rings (SSSR count). The number of fused-ring (bicyclic) bond motifs is 1. The lowest BCUT2D eigenvalue weighted by Gasteiger charge is -2.27. The van der Waals surface area contributed by atoms with Crippen molar-refractivity contribution in [3.63, 3.8) is 0 Å². The molecule has 0 saturated heterocycles. The number of hydrogen-bond donors (Lipinski definition) is 1. The average Bonchev–Trinajstić information content (AvgIpc) is 3.20. The van der Waals surface area contributed by atoms with Crippen LogP contribution in [0.3, 0.4) is 0 Å². The molecule has 0 radical (unpaired) electrons. The predicted molar refractivity (Wildman–Crippen MR) is 100 cm³/mol. The Balaban J connectivity index is 1.65. The van der Waals surface area contributed by atoms with E-state index in [1.54, 1.807) is 25.3 Å². The maximum Gasteiger partial charge on any atom is 0.347 e. The lowest BCUT2D eigenvalue weighted by atomic mass is 9.84. The Labute approximate surface area is 157 Å². The van der Waals surface area contributed by atoms with E-state index in [9.17, 15) is 4.79 Å². The lowest BCUT2D eigenvalue weighted by Crippen LogP contribution is -2.18. The number of ether oxygens (including phenoxy) is 2. The predicted octanol–water partition coefficient (Wildman–Crippen LogP) is 3.67. The summed E-state index contributed by atoms with van der Waals surface area (Å²) in [5.74, 6) is 1.78. The molecular formula is C20H22N4O3. The third kappa shape index (κ3) is 3.14. The molecule has 0 spiro atoms. The second-order valence-electron chi connectivity index (χ2n) is 7.75. The van der Waals surface area contributed by atoms with E-state index in [-0.39, 0.29) is 17.2 Å². The normalized spacial score (nSPS) is 16.4. The maximum atomic E-state index is 11.8. The number of H-pyrrole nitrogens is 1. The van der Waals surface area contributed by atoms with Crippen LogP contribution in [0.2, 0.25) is 0 Å². The van der Waals surface area contributed by atoms with Crippen molar-refractivity contribution in [2.45, 2.75) is 40.4 Å². The first kappa shape index (κ1) is 17.5. The zero-order valence-corrected chi connectivity index (χ0v) is 15.8. The smallest absolute Gasteiger partial charge is 0.347 e. The van der Waals surface area contributed by atoms with Gasteiger partial charge in [0.15, 0.2) is 0 Å². The van der Waals surface area contributed by atoms with E-state index >= 15 is 0 Å². The highest BCUT2D eigenvalue weighted by molar-refractivity contribution is 5.46. The molecule has 1 unspecified atom stereocenters. The van der Waals surface area contributed by atoms with Gasteiger partial charge in [-0.2, -0.15) is 5.10 Å². The molecule has 0 aliphatic carbocycles. The molecule has 140 valence electrons. The van der Waals surface area contributed by atoms with Gasteiger partial charge < -0.3 is 9.47 Å². The van der Waals surface area contributed by atoms with Crippen LogP contribution in [0, 0.1) is 12.3 Å². The Morgan fingerprint density at radius 3 is 2.70 bits per heavy atom. The summed E-state index contributed by atoms with van der Waals surface area (Å²) in [4.78, 5) is 16.2. The van der Waals surface area contributed by atoms with Gasteiger partial charge in [-0.05, 0) is 30.0 Å². The van der Waals surface area contributed by atoms with Gasteiger partial charge in [-0.25, -0.2) is 19.4 Å². The molecule has 1 aliphatic rings. The average molecular weight is 366 g/mol. The molecule has 3 heterocycles. The third-order valence-corrected chi connectivity index (χ3v) is 4.64. The van der Waals surface area contributed by atoms with E-state index in [1.165, 1.54) is 4.57 Å². The number of aromatic amines is 1. The number of aromatic nitrogens is 4. The van der Waals surface area contributed by atoms with E-state index in [1.807, 2.05) is 12.1 Å². The van der Waals surface area contributed by atoms with Gasteiger partial charge in [-0.15, -0.1) is 0 Å². The largest absolute Gasteiger partial charge is 0.439 e. The maximum absolute atomic E-state index is 11.8. The van der Waals surface area contributed by atoms with Crippen molar-refractivity contribution in [2.75, 3.05) is 0 Å². The molecule has 1 aliphatic heterocycles. The van der Waals surface area contributed by atoms with Crippen LogP contribution in [0.1, 0.15) is 43.8 Å². The van der Waals surface area contributed by atoms with Crippen molar-refractivity contribution < 1.29 is 9.47 Å². The highest BCUT2D eigenvalue weighted by atomic mass is 16.5. The molecular weight excluding hydrogens is 344 g/mol. The van der Waals surface area contributed by atoms with Crippen molar-refractivity contribution in [1.29, 1.82) is 0 Å². The summed E-state index contributed by atoms with van der Waals surface area (Å²) in [5.41, 5.74) is 2.52. The quantitative estimate of drug-likeness (QED) is 0.765. The molecule has 0 amide bonds. The Hall–Kier alpha value is -2.93. The fraction of sp³-hybridized carbons (Fsp3) is 0.350. The zero-order chi connectivity index (χ0) is 19.2. The number of nitrogens with one attached hydrogen (secondary N) is 1. The van der Waals surface area contributed by atoms with Crippen molar-refractivity contribution in [1.82, 2.24) is 19.7 Å². The minimum Gasteiger partial charge on any atom is -0.439 e. The fourth-order valence-electron chi connectivity index (χ4n) is 3.40. The van der Waals surface area contributed by atoms with Crippen molar-refractivity contribution in [3.8, 4) is 17.3 Å². The number of rotatable bonds is 3. The Morgan fingerprint density at radius 2 is 2.07 bits per heavy atom. The zero-order valence-electron chi connectivity index (χ0n) is 15.8. The minimum atomic E-state index is -0.297. The standard InChI is InChI=1S/C20H22N4O3/c1-12-22-23-19(25)24(12)14-8-9-16(21-10-14)27-15-7-5-6-13-11-26-18(17(13)15)20(2,3)4/h5-10,18H,11H2,1-4H3,(H,23,25). The van der Waals surface area contributed by atoms with Crippen LogP contribution >= 0.6 is 0 Å². The van der Waals surface area contributed by atoms with E-state index in [0.29, 0.717) is 24.0 Å². The molecule has 1 aromatic carbocycles. The number of nitrogens with zero attached hydrogens (tertiary/aromatic N) is 3. The van der Waals surface area contributed by atoms with Crippen molar-refractivity contribution in [3.05, 3.63) is 64.0 Å². The van der Waals surface area contributed by atoms with Gasteiger partial charge >= 0.3 is 5.69 Å². The summed E-state index contributed by atoms with van der Waals surface area (Å²) in [6.07, 6.45) is 1.57. The van der Waals surface area contributed by atoms with Gasteiger partial charge in [0.2, 0.25) is 5.88 Å². The first-order valence-corrected chi connectivity index (χ1v) is 8.86. The molecule has 0 bridgehead atoms. The first-order chi connectivity index (χ1) is 12.8. The number of benzene rings is 1. The molecule has 7 nitrogen and oxygen atoms in total. The molecule has 1 atom stereocenters. The van der Waals surface area contributed by atoms with E-state index in [2.05, 4.69) is 42.0 Å². The van der Waals surface area contributed by atoms with Crippen LogP contribution in [0.5, 0.6) is 11.6 Å². The topological polar surface area (TPSA) is 82.0 Å². The van der Waals surface area contributed by atoms with E-state index in [0.717, 1.165) is 16.9 Å². The summed E-state index contributed by atoms with van der Waals surface area (Å²) in [6.45, 7) is 8.80. The van der Waals surface area contributed by atoms with Crippen LogP contribution < -0.4 is 10.4 Å². The molecule has 2 aromatic heterocycles. The number of pyridine rings is 1. The monoisotopic (exact) mass is 366 g/mol. The molecule has 0 fully saturated rings. The van der Waals surface area contributed by atoms with Crippen LogP contribution in [-0.2, 0) is 11.3 Å². The molecule has 7 heteroatoms. The summed E-state index contributed by atoms with van der Waals surface area (Å²) in [5, 5.41) is 6.33. The highest BCUT2D eigenvalue weighted by Gasteiger charge is 2.36. The molecule has 0 saturated carbocycles. The fourth-order valence-corrected chi connectivity index (χ4v) is 3.40. The number of aryl methyl sites for hydroxylation is 1. The van der Waals surface area contributed by atoms with Gasteiger partial charge in [0.05, 0.1) is 24.6 Å². The summed E-state index contributed by atoms with van der Waals surface area (Å²) in [6, 6.07) is 9.50. The Bertz CT molecular complexity index is 1030. The van der Waals surface area contributed by atoms with Crippen molar-refractivity contribution in [2.24, 2.45) is 5.41 Å². The SMILES string of the molecule is Cc1n[nH]c(=O)n1-c1ccc(Oc2cccc3c2C(C(C)(C)C)OC3)nc1. The minimum absolute atomic E-state index is 0.0323.